The lowest BCUT2D eigenvalue weighted by Gasteiger charge is -2.23. The second-order valence-electron chi connectivity index (χ2n) is 6.94. The Hall–Kier alpha value is -3.10. The van der Waals surface area contributed by atoms with Crippen LogP contribution in [0.15, 0.2) is 65.8 Å². The van der Waals surface area contributed by atoms with E-state index in [4.69, 9.17) is 29.2 Å². The highest BCUT2D eigenvalue weighted by Gasteiger charge is 2.52. The van der Waals surface area contributed by atoms with Gasteiger partial charge in [0.15, 0.2) is 12.4 Å². The summed E-state index contributed by atoms with van der Waals surface area (Å²) in [7, 11) is 0. The van der Waals surface area contributed by atoms with Crippen LogP contribution in [0.25, 0.3) is 10.4 Å². The van der Waals surface area contributed by atoms with Gasteiger partial charge >= 0.3 is 6.16 Å². The normalized spacial score (nSPS) is 27.9. The molecular weight excluding hydrogens is 390 g/mol. The van der Waals surface area contributed by atoms with Crippen LogP contribution in [0, 0.1) is 0 Å². The monoisotopic (exact) mass is 411 g/mol. The Morgan fingerprint density at radius 1 is 1.00 bits per heavy atom. The van der Waals surface area contributed by atoms with Gasteiger partial charge in [-0.05, 0) is 16.7 Å². The molecule has 0 bridgehead atoms. The van der Waals surface area contributed by atoms with Gasteiger partial charge in [-0.25, -0.2) is 4.79 Å². The number of carbonyl (C=O) groups is 1. The van der Waals surface area contributed by atoms with Crippen molar-refractivity contribution < 1.29 is 28.5 Å². The zero-order valence-corrected chi connectivity index (χ0v) is 16.1. The van der Waals surface area contributed by atoms with E-state index < -0.39 is 36.8 Å². The Morgan fingerprint density at radius 3 is 2.20 bits per heavy atom. The van der Waals surface area contributed by atoms with Crippen molar-refractivity contribution in [2.75, 3.05) is 6.61 Å². The molecule has 0 amide bonds. The predicted molar refractivity (Wildman–Crippen MR) is 104 cm³/mol. The van der Waals surface area contributed by atoms with Gasteiger partial charge in [-0.15, -0.1) is 0 Å². The van der Waals surface area contributed by atoms with Gasteiger partial charge in [0.25, 0.3) is 0 Å². The molecule has 0 spiro atoms. The van der Waals surface area contributed by atoms with Crippen LogP contribution in [0.2, 0.25) is 0 Å². The molecule has 156 valence electrons. The van der Waals surface area contributed by atoms with Gasteiger partial charge in [0.05, 0.1) is 13.2 Å². The first-order valence-electron chi connectivity index (χ1n) is 9.59. The maximum Gasteiger partial charge on any atom is 0.508 e. The molecule has 2 aromatic carbocycles. The molecule has 30 heavy (non-hydrogen) atoms. The van der Waals surface area contributed by atoms with Crippen molar-refractivity contribution in [3.8, 4) is 0 Å². The van der Waals surface area contributed by atoms with Crippen LogP contribution in [0.4, 0.5) is 4.79 Å². The van der Waals surface area contributed by atoms with Crippen molar-refractivity contribution in [3.63, 3.8) is 0 Å². The molecule has 2 aliphatic rings. The minimum absolute atomic E-state index is 0.0308. The molecular formula is C21H21N3O6. The van der Waals surface area contributed by atoms with E-state index in [0.29, 0.717) is 0 Å². The Labute approximate surface area is 173 Å². The van der Waals surface area contributed by atoms with Crippen molar-refractivity contribution in [2.24, 2.45) is 5.11 Å². The lowest BCUT2D eigenvalue weighted by atomic mass is 10.0. The quantitative estimate of drug-likeness (QED) is 0.283. The fourth-order valence-corrected chi connectivity index (χ4v) is 3.50. The number of azide groups is 1. The van der Waals surface area contributed by atoms with Crippen molar-refractivity contribution in [1.82, 2.24) is 0 Å². The molecule has 9 heteroatoms. The van der Waals surface area contributed by atoms with Crippen LogP contribution in [0.3, 0.4) is 0 Å². The van der Waals surface area contributed by atoms with Crippen LogP contribution in [0.5, 0.6) is 0 Å². The number of rotatable bonds is 8. The third-order valence-corrected chi connectivity index (χ3v) is 4.94. The maximum absolute atomic E-state index is 11.4. The minimum Gasteiger partial charge on any atom is -0.430 e. The molecule has 2 aliphatic heterocycles. The number of nitrogens with zero attached hydrogens (tertiary/aromatic N) is 3. The Morgan fingerprint density at radius 2 is 1.63 bits per heavy atom. The Balaban J connectivity index is 1.51. The van der Waals surface area contributed by atoms with Crippen molar-refractivity contribution in [1.29, 1.82) is 0 Å². The van der Waals surface area contributed by atoms with Crippen LogP contribution in [-0.4, -0.2) is 43.4 Å². The maximum atomic E-state index is 11.4. The molecule has 2 unspecified atom stereocenters. The van der Waals surface area contributed by atoms with Gasteiger partial charge in [0, 0.05) is 4.91 Å². The predicted octanol–water partition coefficient (Wildman–Crippen LogP) is 3.73. The molecule has 0 N–H and O–H groups in total. The number of benzene rings is 2. The summed E-state index contributed by atoms with van der Waals surface area (Å²) in [4.78, 5) is 14.4. The standard InChI is InChI=1S/C21H21N3O6/c22-24-23-17-19(26-11-14-7-3-1-4-8-14)18(16-13-28-21(25)29-16)30-20(17)27-12-15-9-5-2-6-10-15/h1-10,16-20H,11-13H2/t16-,17?,18+,19?,20-/m0/s1. The highest BCUT2D eigenvalue weighted by Crippen LogP contribution is 2.33. The second kappa shape index (κ2) is 9.60. The highest BCUT2D eigenvalue weighted by molar-refractivity contribution is 5.62. The lowest BCUT2D eigenvalue weighted by molar-refractivity contribution is -0.164. The molecule has 2 heterocycles. The minimum atomic E-state index is -0.855. The summed E-state index contributed by atoms with van der Waals surface area (Å²) in [5.74, 6) is 0. The molecule has 0 radical (unpaired) electrons. The topological polar surface area (TPSA) is 112 Å². The summed E-state index contributed by atoms with van der Waals surface area (Å²) in [6.45, 7) is 0.570. The number of carbonyl (C=O) groups excluding carboxylic acids is 1. The Bertz CT molecular complexity index is 890. The van der Waals surface area contributed by atoms with E-state index >= 15 is 0 Å². The average molecular weight is 411 g/mol. The molecule has 4 rings (SSSR count). The van der Waals surface area contributed by atoms with Gasteiger partial charge in [0.2, 0.25) is 0 Å². The summed E-state index contributed by atoms with van der Waals surface area (Å²) in [6, 6.07) is 18.4. The summed E-state index contributed by atoms with van der Waals surface area (Å²) >= 11 is 0. The smallest absolute Gasteiger partial charge is 0.430 e. The number of hydrogen-bond acceptors (Lipinski definition) is 7. The van der Waals surface area contributed by atoms with E-state index in [9.17, 15) is 4.79 Å². The van der Waals surface area contributed by atoms with Crippen molar-refractivity contribution in [3.05, 3.63) is 82.2 Å². The zero-order valence-electron chi connectivity index (χ0n) is 16.1. The summed E-state index contributed by atoms with van der Waals surface area (Å²) in [5, 5.41) is 3.88. The molecule has 5 atom stereocenters. The summed E-state index contributed by atoms with van der Waals surface area (Å²) < 4.78 is 28.1. The first-order chi connectivity index (χ1) is 14.7. The van der Waals surface area contributed by atoms with Gasteiger partial charge in [-0.3, -0.25) is 0 Å². The average Bonchev–Trinajstić information content (AvgIpc) is 3.36. The van der Waals surface area contributed by atoms with E-state index in [0.717, 1.165) is 11.1 Å². The summed E-state index contributed by atoms with van der Waals surface area (Å²) in [6.07, 6.45) is -3.68. The number of cyclic esters (lactones) is 2. The summed E-state index contributed by atoms with van der Waals surface area (Å²) in [5.41, 5.74) is 11.0. The SMILES string of the molecule is [N-]=[N+]=NC1C(OCc2ccccc2)[C@@H]([C@@H]2COC(=O)O2)O[C@@H]1OCc1ccccc1. The van der Waals surface area contributed by atoms with Crippen molar-refractivity contribution in [2.45, 2.75) is 43.9 Å². The molecule has 2 fully saturated rings. The molecule has 0 aliphatic carbocycles. The van der Waals surface area contributed by atoms with Gasteiger partial charge in [0.1, 0.15) is 24.9 Å². The fraction of sp³-hybridized carbons (Fsp3) is 0.381. The molecule has 2 saturated heterocycles. The zero-order chi connectivity index (χ0) is 20.8. The van der Waals surface area contributed by atoms with Gasteiger partial charge < -0.3 is 23.7 Å². The second-order valence-corrected chi connectivity index (χ2v) is 6.94. The van der Waals surface area contributed by atoms with Crippen LogP contribution in [-0.2, 0) is 36.9 Å². The number of hydrogen-bond donors (Lipinski definition) is 0. The van der Waals surface area contributed by atoms with Crippen LogP contribution in [0.1, 0.15) is 11.1 Å². The van der Waals surface area contributed by atoms with Gasteiger partial charge in [-0.1, -0.05) is 65.8 Å². The van der Waals surface area contributed by atoms with E-state index in [1.54, 1.807) is 0 Å². The lowest BCUT2D eigenvalue weighted by Crippen LogP contribution is -2.41. The molecule has 9 nitrogen and oxygen atoms in total. The Kier molecular flexibility index (Phi) is 6.46. The molecule has 0 saturated carbocycles. The molecule has 0 aromatic heterocycles. The van der Waals surface area contributed by atoms with Crippen LogP contribution >= 0.6 is 0 Å². The first kappa shape index (κ1) is 20.2. The highest BCUT2D eigenvalue weighted by atomic mass is 16.8. The largest absolute Gasteiger partial charge is 0.508 e. The van der Waals surface area contributed by atoms with Crippen molar-refractivity contribution >= 4 is 6.16 Å². The van der Waals surface area contributed by atoms with E-state index in [-0.39, 0.29) is 19.8 Å². The van der Waals surface area contributed by atoms with E-state index in [1.165, 1.54) is 0 Å². The van der Waals surface area contributed by atoms with E-state index in [1.807, 2.05) is 60.7 Å². The first-order valence-corrected chi connectivity index (χ1v) is 9.59. The number of ether oxygens (including phenoxy) is 5. The fourth-order valence-electron chi connectivity index (χ4n) is 3.50. The third-order valence-electron chi connectivity index (χ3n) is 4.94. The van der Waals surface area contributed by atoms with Crippen LogP contribution < -0.4 is 0 Å². The molecule has 2 aromatic rings. The van der Waals surface area contributed by atoms with E-state index in [2.05, 4.69) is 10.0 Å². The van der Waals surface area contributed by atoms with Gasteiger partial charge in [-0.2, -0.15) is 0 Å². The third kappa shape index (κ3) is 4.72.